The Morgan fingerprint density at radius 1 is 1.26 bits per heavy atom. The molecule has 0 N–H and O–H groups in total. The molecule has 19 heavy (non-hydrogen) atoms. The van der Waals surface area contributed by atoms with Gasteiger partial charge in [0.2, 0.25) is 0 Å². The van der Waals surface area contributed by atoms with E-state index in [1.54, 1.807) is 0 Å². The number of nitrogens with zero attached hydrogens (tertiary/aromatic N) is 1. The van der Waals surface area contributed by atoms with Crippen molar-refractivity contribution in [2.24, 2.45) is 5.92 Å². The van der Waals surface area contributed by atoms with Crippen LogP contribution in [-0.2, 0) is 14.6 Å². The fraction of sp³-hybridized carbons (Fsp3) is 1.00. The number of ether oxygens (including phenoxy) is 1. The summed E-state index contributed by atoms with van der Waals surface area (Å²) in [5.41, 5.74) is 0. The van der Waals surface area contributed by atoms with Crippen LogP contribution in [0.25, 0.3) is 0 Å². The summed E-state index contributed by atoms with van der Waals surface area (Å²) < 4.78 is 29.6. The summed E-state index contributed by atoms with van der Waals surface area (Å²) in [5, 5.41) is 0. The molecule has 1 saturated heterocycles. The van der Waals surface area contributed by atoms with E-state index in [0.29, 0.717) is 44.2 Å². The minimum atomic E-state index is -2.94. The molecular weight excluding hydrogens is 262 g/mol. The van der Waals surface area contributed by atoms with Crippen molar-refractivity contribution in [3.05, 3.63) is 0 Å². The molecule has 0 bridgehead atoms. The first-order valence-corrected chi connectivity index (χ1v) is 9.04. The van der Waals surface area contributed by atoms with Gasteiger partial charge >= 0.3 is 0 Å². The Hall–Kier alpha value is -0.130. The molecule has 4 nitrogen and oxygen atoms in total. The summed E-state index contributed by atoms with van der Waals surface area (Å²) in [6.45, 7) is 11.9. The van der Waals surface area contributed by atoms with E-state index in [0.717, 1.165) is 13.2 Å². The van der Waals surface area contributed by atoms with Gasteiger partial charge in [-0.05, 0) is 18.8 Å². The van der Waals surface area contributed by atoms with Gasteiger partial charge in [-0.15, -0.1) is 0 Å². The first kappa shape index (κ1) is 16.9. The molecule has 0 aliphatic carbocycles. The van der Waals surface area contributed by atoms with Gasteiger partial charge in [0, 0.05) is 26.2 Å². The second-order valence-electron chi connectivity index (χ2n) is 5.95. The molecule has 0 aromatic rings. The summed E-state index contributed by atoms with van der Waals surface area (Å²) in [6, 6.07) is 0. The van der Waals surface area contributed by atoms with E-state index in [1.165, 1.54) is 0 Å². The molecule has 1 rings (SSSR count). The molecule has 0 saturated carbocycles. The van der Waals surface area contributed by atoms with E-state index < -0.39 is 14.6 Å². The maximum atomic E-state index is 12.3. The lowest BCUT2D eigenvalue weighted by molar-refractivity contribution is 0.0814. The molecule has 0 aromatic heterocycles. The van der Waals surface area contributed by atoms with Crippen molar-refractivity contribution in [3.63, 3.8) is 0 Å². The highest BCUT2D eigenvalue weighted by Crippen LogP contribution is 2.31. The smallest absolute Gasteiger partial charge is 0.158 e. The second-order valence-corrected chi connectivity index (χ2v) is 8.46. The zero-order valence-electron chi connectivity index (χ0n) is 12.8. The highest BCUT2D eigenvalue weighted by Gasteiger charge is 2.44. The van der Waals surface area contributed by atoms with E-state index in [4.69, 9.17) is 4.74 Å². The van der Waals surface area contributed by atoms with E-state index >= 15 is 0 Å². The summed E-state index contributed by atoms with van der Waals surface area (Å²) in [7, 11) is -2.94. The zero-order valence-corrected chi connectivity index (χ0v) is 13.6. The highest BCUT2D eigenvalue weighted by molar-refractivity contribution is 7.92. The summed E-state index contributed by atoms with van der Waals surface area (Å²) in [4.78, 5) is 2.24. The Morgan fingerprint density at radius 3 is 2.42 bits per heavy atom. The van der Waals surface area contributed by atoms with Crippen molar-refractivity contribution < 1.29 is 13.2 Å². The monoisotopic (exact) mass is 291 g/mol. The summed E-state index contributed by atoms with van der Waals surface area (Å²) in [6.07, 6.45) is 1.41. The average molecular weight is 291 g/mol. The van der Waals surface area contributed by atoms with Gasteiger partial charge in [-0.2, -0.15) is 0 Å². The molecular formula is C14H29NO3S. The Kier molecular flexibility index (Phi) is 6.27. The second kappa shape index (κ2) is 7.04. The van der Waals surface area contributed by atoms with Gasteiger partial charge in [0.1, 0.15) is 0 Å². The lowest BCUT2D eigenvalue weighted by Crippen LogP contribution is -2.56. The normalized spacial score (nSPS) is 22.8. The standard InChI is InChI=1S/C14H29NO3S/c1-5-14(6-2)12-15(8-10-19(14,16)17)7-9-18-11-13(3)4/h13H,5-12H2,1-4H3. The van der Waals surface area contributed by atoms with Crippen LogP contribution in [0.15, 0.2) is 0 Å². The third-order valence-electron chi connectivity index (χ3n) is 4.14. The number of hydrogen-bond acceptors (Lipinski definition) is 4. The van der Waals surface area contributed by atoms with E-state index in [-0.39, 0.29) is 0 Å². The third-order valence-corrected chi connectivity index (χ3v) is 6.89. The molecule has 0 unspecified atom stereocenters. The molecule has 5 heteroatoms. The zero-order chi connectivity index (χ0) is 14.5. The van der Waals surface area contributed by atoms with Crippen LogP contribution in [0.4, 0.5) is 0 Å². The van der Waals surface area contributed by atoms with Crippen LogP contribution in [-0.4, -0.2) is 56.7 Å². The molecule has 114 valence electrons. The first-order chi connectivity index (χ1) is 8.87. The fourth-order valence-corrected chi connectivity index (χ4v) is 4.86. The van der Waals surface area contributed by atoms with Crippen LogP contribution in [0.1, 0.15) is 40.5 Å². The third kappa shape index (κ3) is 4.17. The topological polar surface area (TPSA) is 46.6 Å². The van der Waals surface area contributed by atoms with Crippen molar-refractivity contribution in [3.8, 4) is 0 Å². The predicted molar refractivity (Wildman–Crippen MR) is 79.2 cm³/mol. The van der Waals surface area contributed by atoms with Gasteiger partial charge in [0.05, 0.1) is 17.1 Å². The molecule has 0 aromatic carbocycles. The average Bonchev–Trinajstić information content (AvgIpc) is 2.36. The minimum Gasteiger partial charge on any atom is -0.380 e. The van der Waals surface area contributed by atoms with Gasteiger partial charge in [-0.3, -0.25) is 4.90 Å². The lowest BCUT2D eigenvalue weighted by atomic mass is 10.0. The molecule has 1 fully saturated rings. The first-order valence-electron chi connectivity index (χ1n) is 7.39. The Balaban J connectivity index is 2.52. The molecule has 1 aliphatic heterocycles. The van der Waals surface area contributed by atoms with Crippen LogP contribution in [0.5, 0.6) is 0 Å². The maximum absolute atomic E-state index is 12.3. The number of sulfone groups is 1. The molecule has 0 spiro atoms. The summed E-state index contributed by atoms with van der Waals surface area (Å²) in [5.74, 6) is 0.839. The van der Waals surface area contributed by atoms with Gasteiger partial charge in [-0.1, -0.05) is 27.7 Å². The Bertz CT molecular complexity index is 361. The lowest BCUT2D eigenvalue weighted by Gasteiger charge is -2.41. The highest BCUT2D eigenvalue weighted by atomic mass is 32.2. The van der Waals surface area contributed by atoms with Crippen LogP contribution in [0, 0.1) is 5.92 Å². The van der Waals surface area contributed by atoms with E-state index in [1.807, 2.05) is 13.8 Å². The van der Waals surface area contributed by atoms with E-state index in [9.17, 15) is 8.42 Å². The largest absolute Gasteiger partial charge is 0.380 e. The maximum Gasteiger partial charge on any atom is 0.158 e. The van der Waals surface area contributed by atoms with Crippen LogP contribution >= 0.6 is 0 Å². The molecule has 1 heterocycles. The molecule has 0 radical (unpaired) electrons. The Morgan fingerprint density at radius 2 is 1.89 bits per heavy atom. The van der Waals surface area contributed by atoms with Crippen LogP contribution < -0.4 is 0 Å². The van der Waals surface area contributed by atoms with E-state index in [2.05, 4.69) is 18.7 Å². The van der Waals surface area contributed by atoms with Crippen molar-refractivity contribution in [2.75, 3.05) is 38.6 Å². The summed E-state index contributed by atoms with van der Waals surface area (Å²) >= 11 is 0. The van der Waals surface area contributed by atoms with Crippen molar-refractivity contribution in [1.82, 2.24) is 4.90 Å². The van der Waals surface area contributed by atoms with Crippen molar-refractivity contribution in [2.45, 2.75) is 45.3 Å². The molecule has 1 aliphatic rings. The number of rotatable bonds is 7. The number of hydrogen-bond donors (Lipinski definition) is 0. The SMILES string of the molecule is CCC1(CC)CN(CCOCC(C)C)CCS1(=O)=O. The van der Waals surface area contributed by atoms with Crippen LogP contribution in [0.2, 0.25) is 0 Å². The van der Waals surface area contributed by atoms with Gasteiger partial charge in [0.15, 0.2) is 9.84 Å². The van der Waals surface area contributed by atoms with Gasteiger partial charge < -0.3 is 4.74 Å². The van der Waals surface area contributed by atoms with Gasteiger partial charge in [0.25, 0.3) is 0 Å². The van der Waals surface area contributed by atoms with Crippen LogP contribution in [0.3, 0.4) is 0 Å². The van der Waals surface area contributed by atoms with Crippen molar-refractivity contribution >= 4 is 9.84 Å². The van der Waals surface area contributed by atoms with Crippen molar-refractivity contribution in [1.29, 1.82) is 0 Å². The minimum absolute atomic E-state index is 0.291. The molecule has 0 atom stereocenters. The van der Waals surface area contributed by atoms with Gasteiger partial charge in [-0.25, -0.2) is 8.42 Å². The molecule has 0 amide bonds. The Labute approximate surface area is 118 Å². The fourth-order valence-electron chi connectivity index (χ4n) is 2.67. The quantitative estimate of drug-likeness (QED) is 0.673. The predicted octanol–water partition coefficient (Wildman–Crippen LogP) is 1.95.